The quantitative estimate of drug-likeness (QED) is 0.826. The molecule has 1 aromatic rings. The topological polar surface area (TPSA) is 37.3 Å². The zero-order chi connectivity index (χ0) is 12.6. The van der Waals surface area contributed by atoms with Gasteiger partial charge in [-0.3, -0.25) is 4.79 Å². The minimum absolute atomic E-state index is 0.0552. The van der Waals surface area contributed by atoms with Gasteiger partial charge in [0.25, 0.3) is 5.91 Å². The maximum absolute atomic E-state index is 12.3. The number of aromatic nitrogens is 1. The number of hydrogen-bond donors (Lipinski definition) is 1. The first kappa shape index (κ1) is 12.5. The van der Waals surface area contributed by atoms with Crippen molar-refractivity contribution in [2.45, 2.75) is 25.9 Å². The van der Waals surface area contributed by atoms with Crippen molar-refractivity contribution < 1.29 is 4.79 Å². The minimum Gasteiger partial charge on any atom is -0.345 e. The number of carbonyl (C=O) groups excluding carboxylic acids is 1. The van der Waals surface area contributed by atoms with Crippen LogP contribution in [0.5, 0.6) is 0 Å². The van der Waals surface area contributed by atoms with Gasteiger partial charge in [0, 0.05) is 38.4 Å². The fraction of sp³-hybridized carbons (Fsp3) is 0.583. The summed E-state index contributed by atoms with van der Waals surface area (Å²) in [7, 11) is 1.84. The van der Waals surface area contributed by atoms with Crippen LogP contribution in [-0.4, -0.2) is 40.5 Å². The number of hydrogen-bond acceptors (Lipinski definition) is 2. The monoisotopic (exact) mass is 255 g/mol. The van der Waals surface area contributed by atoms with E-state index in [1.54, 1.807) is 16.8 Å². The number of piperazine rings is 1. The van der Waals surface area contributed by atoms with Gasteiger partial charge in [0.2, 0.25) is 0 Å². The second-order valence-corrected chi connectivity index (χ2v) is 5.27. The lowest BCUT2D eigenvalue weighted by molar-refractivity contribution is 0.0664. The highest BCUT2D eigenvalue weighted by molar-refractivity contribution is 6.31. The van der Waals surface area contributed by atoms with Gasteiger partial charge in [-0.1, -0.05) is 11.6 Å². The first-order valence-corrected chi connectivity index (χ1v) is 6.22. The Morgan fingerprint density at radius 1 is 1.41 bits per heavy atom. The summed E-state index contributed by atoms with van der Waals surface area (Å²) in [4.78, 5) is 14.2. The van der Waals surface area contributed by atoms with Crippen LogP contribution in [0.4, 0.5) is 0 Å². The average Bonchev–Trinajstić information content (AvgIpc) is 2.55. The molecule has 1 N–H and O–H groups in total. The molecule has 0 spiro atoms. The highest BCUT2D eigenvalue weighted by Crippen LogP contribution is 2.16. The lowest BCUT2D eigenvalue weighted by atomic mass is 10.1. The predicted octanol–water partition coefficient (Wildman–Crippen LogP) is 1.50. The third kappa shape index (κ3) is 2.64. The van der Waals surface area contributed by atoms with Gasteiger partial charge in [-0.15, -0.1) is 0 Å². The van der Waals surface area contributed by atoms with E-state index in [1.807, 2.05) is 11.9 Å². The zero-order valence-electron chi connectivity index (χ0n) is 10.4. The Bertz CT molecular complexity index is 419. The summed E-state index contributed by atoms with van der Waals surface area (Å²) in [5, 5.41) is 4.01. The van der Waals surface area contributed by atoms with Gasteiger partial charge in [0.05, 0.1) is 5.02 Å². The van der Waals surface area contributed by atoms with E-state index >= 15 is 0 Å². The van der Waals surface area contributed by atoms with E-state index in [2.05, 4.69) is 19.2 Å². The van der Waals surface area contributed by atoms with Crippen LogP contribution in [-0.2, 0) is 7.05 Å². The number of amides is 1. The Kier molecular flexibility index (Phi) is 3.45. The molecule has 5 heteroatoms. The molecule has 0 radical (unpaired) electrons. The molecule has 0 aromatic carbocycles. The Labute approximate surface area is 107 Å². The molecule has 1 fully saturated rings. The molecule has 1 aliphatic rings. The average molecular weight is 256 g/mol. The molecule has 1 amide bonds. The van der Waals surface area contributed by atoms with E-state index in [0.717, 1.165) is 13.1 Å². The van der Waals surface area contributed by atoms with Crippen LogP contribution in [0.25, 0.3) is 0 Å². The third-order valence-electron chi connectivity index (χ3n) is 3.04. The summed E-state index contributed by atoms with van der Waals surface area (Å²) < 4.78 is 1.78. The standard InChI is InChI=1S/C12H18ClN3O/c1-8-5-16(6-9(2)14-8)12(17)11-4-10(13)7-15(11)3/h4,7-9,14H,5-6H2,1-3H3/t8-,9+. The van der Waals surface area contributed by atoms with E-state index in [0.29, 0.717) is 22.8 Å². The number of nitrogens with zero attached hydrogens (tertiary/aromatic N) is 2. The van der Waals surface area contributed by atoms with Crippen LogP contribution >= 0.6 is 11.6 Å². The fourth-order valence-corrected chi connectivity index (χ4v) is 2.64. The SMILES string of the molecule is C[C@@H]1CN(C(=O)c2cc(Cl)cn2C)C[C@H](C)N1. The summed E-state index contributed by atoms with van der Waals surface area (Å²) in [6.07, 6.45) is 1.75. The lowest BCUT2D eigenvalue weighted by Crippen LogP contribution is -2.56. The molecule has 2 atom stereocenters. The molecule has 94 valence electrons. The van der Waals surface area contributed by atoms with Crippen molar-refractivity contribution in [3.05, 3.63) is 23.0 Å². The molecule has 1 saturated heterocycles. The van der Waals surface area contributed by atoms with E-state index in [4.69, 9.17) is 11.6 Å². The number of rotatable bonds is 1. The van der Waals surface area contributed by atoms with E-state index in [9.17, 15) is 4.79 Å². The highest BCUT2D eigenvalue weighted by Gasteiger charge is 2.26. The molecule has 1 aliphatic heterocycles. The van der Waals surface area contributed by atoms with Crippen LogP contribution in [0.15, 0.2) is 12.3 Å². The molecule has 0 bridgehead atoms. The van der Waals surface area contributed by atoms with Crippen molar-refractivity contribution in [1.82, 2.24) is 14.8 Å². The molecule has 2 rings (SSSR count). The number of aryl methyl sites for hydroxylation is 1. The van der Waals surface area contributed by atoms with Gasteiger partial charge in [0.1, 0.15) is 5.69 Å². The van der Waals surface area contributed by atoms with Crippen molar-refractivity contribution >= 4 is 17.5 Å². The van der Waals surface area contributed by atoms with Crippen LogP contribution in [0, 0.1) is 0 Å². The number of nitrogens with one attached hydrogen (secondary N) is 1. The molecular formula is C12H18ClN3O. The van der Waals surface area contributed by atoms with Crippen molar-refractivity contribution in [2.24, 2.45) is 7.05 Å². The second-order valence-electron chi connectivity index (χ2n) is 4.83. The summed E-state index contributed by atoms with van der Waals surface area (Å²) >= 11 is 5.90. The summed E-state index contributed by atoms with van der Waals surface area (Å²) in [5.41, 5.74) is 0.649. The normalized spacial score (nSPS) is 25.1. The largest absolute Gasteiger partial charge is 0.345 e. The Hall–Kier alpha value is -1.00. The Morgan fingerprint density at radius 2 is 2.00 bits per heavy atom. The first-order valence-electron chi connectivity index (χ1n) is 5.84. The van der Waals surface area contributed by atoms with E-state index < -0.39 is 0 Å². The van der Waals surface area contributed by atoms with Gasteiger partial charge in [-0.05, 0) is 19.9 Å². The Morgan fingerprint density at radius 3 is 2.47 bits per heavy atom. The number of halogens is 1. The molecule has 0 aliphatic carbocycles. The van der Waals surface area contributed by atoms with Crippen molar-refractivity contribution in [3.63, 3.8) is 0 Å². The minimum atomic E-state index is 0.0552. The fourth-order valence-electron chi connectivity index (χ4n) is 2.39. The predicted molar refractivity (Wildman–Crippen MR) is 68.4 cm³/mol. The third-order valence-corrected chi connectivity index (χ3v) is 3.24. The zero-order valence-corrected chi connectivity index (χ0v) is 11.2. The highest BCUT2D eigenvalue weighted by atomic mass is 35.5. The Balaban J connectivity index is 2.17. The summed E-state index contributed by atoms with van der Waals surface area (Å²) in [6.45, 7) is 5.67. The summed E-state index contributed by atoms with van der Waals surface area (Å²) in [6, 6.07) is 2.39. The van der Waals surface area contributed by atoms with Crippen LogP contribution < -0.4 is 5.32 Å². The second kappa shape index (κ2) is 4.70. The molecule has 2 heterocycles. The van der Waals surface area contributed by atoms with Gasteiger partial charge in [-0.2, -0.15) is 0 Å². The first-order chi connectivity index (χ1) is 7.97. The van der Waals surface area contributed by atoms with Crippen molar-refractivity contribution in [3.8, 4) is 0 Å². The molecule has 0 unspecified atom stereocenters. The van der Waals surface area contributed by atoms with E-state index in [1.165, 1.54) is 0 Å². The van der Waals surface area contributed by atoms with Gasteiger partial charge in [0.15, 0.2) is 0 Å². The van der Waals surface area contributed by atoms with Gasteiger partial charge < -0.3 is 14.8 Å². The van der Waals surface area contributed by atoms with Crippen LogP contribution in [0.3, 0.4) is 0 Å². The van der Waals surface area contributed by atoms with Crippen molar-refractivity contribution in [1.29, 1.82) is 0 Å². The lowest BCUT2D eigenvalue weighted by Gasteiger charge is -2.36. The maximum atomic E-state index is 12.3. The van der Waals surface area contributed by atoms with Gasteiger partial charge in [-0.25, -0.2) is 0 Å². The molecular weight excluding hydrogens is 238 g/mol. The van der Waals surface area contributed by atoms with Crippen LogP contribution in [0.2, 0.25) is 5.02 Å². The number of carbonyl (C=O) groups is 1. The van der Waals surface area contributed by atoms with E-state index in [-0.39, 0.29) is 5.91 Å². The molecule has 1 aromatic heterocycles. The molecule has 17 heavy (non-hydrogen) atoms. The van der Waals surface area contributed by atoms with Crippen molar-refractivity contribution in [2.75, 3.05) is 13.1 Å². The van der Waals surface area contributed by atoms with Gasteiger partial charge >= 0.3 is 0 Å². The maximum Gasteiger partial charge on any atom is 0.270 e. The smallest absolute Gasteiger partial charge is 0.270 e. The summed E-state index contributed by atoms with van der Waals surface area (Å²) in [5.74, 6) is 0.0552. The molecule has 0 saturated carbocycles. The molecule has 4 nitrogen and oxygen atoms in total. The van der Waals surface area contributed by atoms with Crippen LogP contribution in [0.1, 0.15) is 24.3 Å².